The molecule has 1 saturated carbocycles. The van der Waals surface area contributed by atoms with E-state index in [2.05, 4.69) is 33.2 Å². The average Bonchev–Trinajstić information content (AvgIpc) is 2.68. The maximum Gasteiger partial charge on any atom is 0.289 e. The van der Waals surface area contributed by atoms with Crippen molar-refractivity contribution in [3.8, 4) is 0 Å². The van der Waals surface area contributed by atoms with Gasteiger partial charge in [0, 0.05) is 12.3 Å². The molecule has 0 spiro atoms. The van der Waals surface area contributed by atoms with E-state index in [1.54, 1.807) is 13.8 Å². The third-order valence-electron chi connectivity index (χ3n) is 3.84. The first-order chi connectivity index (χ1) is 8.96. The predicted molar refractivity (Wildman–Crippen MR) is 77.6 cm³/mol. The second-order valence-electron chi connectivity index (χ2n) is 5.72. The second-order valence-corrected chi connectivity index (χ2v) is 6.28. The van der Waals surface area contributed by atoms with Crippen molar-refractivity contribution in [2.24, 2.45) is 5.92 Å². The molecule has 0 bridgehead atoms. The Morgan fingerprint density at radius 2 is 2.32 bits per heavy atom. The molecule has 1 amide bonds. The highest BCUT2D eigenvalue weighted by atomic mass is 79.9. The van der Waals surface area contributed by atoms with Crippen molar-refractivity contribution < 1.29 is 9.21 Å². The van der Waals surface area contributed by atoms with Crippen molar-refractivity contribution >= 4 is 21.8 Å². The third kappa shape index (κ3) is 3.19. The molecule has 0 saturated heterocycles. The largest absolute Gasteiger partial charge is 0.436 e. The lowest BCUT2D eigenvalue weighted by atomic mass is 9.77. The molecule has 1 fully saturated rings. The van der Waals surface area contributed by atoms with Crippen LogP contribution in [0.2, 0.25) is 0 Å². The molecule has 1 aliphatic carbocycles. The number of hydrogen-bond donors (Lipinski definition) is 1. The SMILES string of the molecule is Cc1nc(C)c(C(=O)NC2(CBr)CCCC(C)C2)o1. The van der Waals surface area contributed by atoms with Crippen LogP contribution < -0.4 is 5.32 Å². The van der Waals surface area contributed by atoms with Crippen molar-refractivity contribution in [2.75, 3.05) is 5.33 Å². The fourth-order valence-electron chi connectivity index (χ4n) is 2.97. The van der Waals surface area contributed by atoms with Gasteiger partial charge in [0.1, 0.15) is 0 Å². The smallest absolute Gasteiger partial charge is 0.289 e. The van der Waals surface area contributed by atoms with Crippen LogP contribution in [0.4, 0.5) is 0 Å². The number of carbonyl (C=O) groups is 1. The Bertz CT molecular complexity index is 472. The van der Waals surface area contributed by atoms with Gasteiger partial charge < -0.3 is 9.73 Å². The van der Waals surface area contributed by atoms with Crippen molar-refractivity contribution in [2.45, 2.75) is 52.0 Å². The first kappa shape index (κ1) is 14.6. The standard InChI is InChI=1S/C14H21BrN2O2/c1-9-5-4-6-14(7-9,8-15)17-13(18)12-10(2)16-11(3)19-12/h9H,4-8H2,1-3H3,(H,17,18). The molecule has 1 N–H and O–H groups in total. The Balaban J connectivity index is 2.14. The number of amides is 1. The summed E-state index contributed by atoms with van der Waals surface area (Å²) in [4.78, 5) is 16.5. The van der Waals surface area contributed by atoms with Gasteiger partial charge in [-0.05, 0) is 25.7 Å². The van der Waals surface area contributed by atoms with Crippen LogP contribution in [0.5, 0.6) is 0 Å². The summed E-state index contributed by atoms with van der Waals surface area (Å²) >= 11 is 3.56. The Hall–Kier alpha value is -0.840. The van der Waals surface area contributed by atoms with E-state index in [4.69, 9.17) is 4.42 Å². The molecule has 1 aromatic heterocycles. The minimum Gasteiger partial charge on any atom is -0.436 e. The minimum atomic E-state index is -0.151. The lowest BCUT2D eigenvalue weighted by Crippen LogP contribution is -2.52. The number of aromatic nitrogens is 1. The van der Waals surface area contributed by atoms with E-state index >= 15 is 0 Å². The third-order valence-corrected chi connectivity index (χ3v) is 4.91. The summed E-state index contributed by atoms with van der Waals surface area (Å²) in [7, 11) is 0. The van der Waals surface area contributed by atoms with Crippen LogP contribution in [0.3, 0.4) is 0 Å². The highest BCUT2D eigenvalue weighted by Crippen LogP contribution is 2.34. The molecule has 4 nitrogen and oxygen atoms in total. The number of carbonyl (C=O) groups excluding carboxylic acids is 1. The van der Waals surface area contributed by atoms with Crippen molar-refractivity contribution in [1.29, 1.82) is 0 Å². The Labute approximate surface area is 122 Å². The fourth-order valence-corrected chi connectivity index (χ4v) is 3.62. The molecule has 2 rings (SSSR count). The molecular weight excluding hydrogens is 308 g/mol. The van der Waals surface area contributed by atoms with Gasteiger partial charge in [0.2, 0.25) is 5.76 Å². The molecule has 1 aliphatic rings. The number of nitrogens with zero attached hydrogens (tertiary/aromatic N) is 1. The number of hydrogen-bond acceptors (Lipinski definition) is 3. The molecule has 2 unspecified atom stereocenters. The zero-order chi connectivity index (χ0) is 14.0. The van der Waals surface area contributed by atoms with E-state index in [-0.39, 0.29) is 11.4 Å². The average molecular weight is 329 g/mol. The van der Waals surface area contributed by atoms with E-state index in [9.17, 15) is 4.79 Å². The summed E-state index contributed by atoms with van der Waals surface area (Å²) in [6, 6.07) is 0. The first-order valence-electron chi connectivity index (χ1n) is 6.78. The van der Waals surface area contributed by atoms with Gasteiger partial charge in [-0.1, -0.05) is 35.7 Å². The summed E-state index contributed by atoms with van der Waals surface area (Å²) in [6.07, 6.45) is 4.42. The Kier molecular flexibility index (Phi) is 4.33. The van der Waals surface area contributed by atoms with E-state index < -0.39 is 0 Å². The van der Waals surface area contributed by atoms with Crippen LogP contribution in [0.1, 0.15) is 54.7 Å². The normalized spacial score (nSPS) is 27.3. The number of oxazole rings is 1. The van der Waals surface area contributed by atoms with E-state index in [0.717, 1.165) is 24.6 Å². The molecule has 1 aromatic rings. The molecule has 106 valence electrons. The quantitative estimate of drug-likeness (QED) is 0.865. The highest BCUT2D eigenvalue weighted by Gasteiger charge is 2.36. The monoisotopic (exact) mass is 328 g/mol. The summed E-state index contributed by atoms with van der Waals surface area (Å²) < 4.78 is 5.40. The summed E-state index contributed by atoms with van der Waals surface area (Å²) in [6.45, 7) is 5.80. The maximum atomic E-state index is 12.4. The molecule has 2 atom stereocenters. The van der Waals surface area contributed by atoms with Crippen LogP contribution >= 0.6 is 15.9 Å². The number of rotatable bonds is 3. The highest BCUT2D eigenvalue weighted by molar-refractivity contribution is 9.09. The molecule has 1 heterocycles. The lowest BCUT2D eigenvalue weighted by molar-refractivity contribution is 0.0838. The number of alkyl halides is 1. The van der Waals surface area contributed by atoms with Gasteiger partial charge in [0.05, 0.1) is 11.2 Å². The number of aryl methyl sites for hydroxylation is 2. The van der Waals surface area contributed by atoms with Crippen LogP contribution in [0.15, 0.2) is 4.42 Å². The minimum absolute atomic E-state index is 0.147. The summed E-state index contributed by atoms with van der Waals surface area (Å²) in [5, 5.41) is 3.94. The molecule has 0 radical (unpaired) electrons. The van der Waals surface area contributed by atoms with E-state index in [1.807, 2.05) is 0 Å². The van der Waals surface area contributed by atoms with Crippen molar-refractivity contribution in [3.63, 3.8) is 0 Å². The number of halogens is 1. The topological polar surface area (TPSA) is 55.1 Å². The second kappa shape index (κ2) is 5.65. The molecular formula is C14H21BrN2O2. The van der Waals surface area contributed by atoms with Crippen molar-refractivity contribution in [1.82, 2.24) is 10.3 Å². The molecule has 5 heteroatoms. The molecule has 19 heavy (non-hydrogen) atoms. The van der Waals surface area contributed by atoms with Gasteiger partial charge in [-0.15, -0.1) is 0 Å². The van der Waals surface area contributed by atoms with Crippen LogP contribution in [-0.4, -0.2) is 21.8 Å². The fraction of sp³-hybridized carbons (Fsp3) is 0.714. The van der Waals surface area contributed by atoms with Crippen LogP contribution in [0.25, 0.3) is 0 Å². The Morgan fingerprint density at radius 1 is 1.58 bits per heavy atom. The first-order valence-corrected chi connectivity index (χ1v) is 7.90. The molecule has 0 aliphatic heterocycles. The van der Waals surface area contributed by atoms with Crippen LogP contribution in [-0.2, 0) is 0 Å². The van der Waals surface area contributed by atoms with E-state index in [0.29, 0.717) is 23.3 Å². The predicted octanol–water partition coefficient (Wildman–Crippen LogP) is 3.37. The molecule has 0 aromatic carbocycles. The van der Waals surface area contributed by atoms with Gasteiger partial charge in [0.15, 0.2) is 5.89 Å². The van der Waals surface area contributed by atoms with Gasteiger partial charge in [-0.2, -0.15) is 0 Å². The van der Waals surface area contributed by atoms with Crippen molar-refractivity contribution in [3.05, 3.63) is 17.3 Å². The summed E-state index contributed by atoms with van der Waals surface area (Å²) in [5.41, 5.74) is 0.505. The van der Waals surface area contributed by atoms with Gasteiger partial charge in [-0.25, -0.2) is 4.98 Å². The zero-order valence-corrected chi connectivity index (χ0v) is 13.3. The maximum absolute atomic E-state index is 12.4. The van der Waals surface area contributed by atoms with Gasteiger partial charge in [-0.3, -0.25) is 4.79 Å². The van der Waals surface area contributed by atoms with Gasteiger partial charge in [0.25, 0.3) is 5.91 Å². The van der Waals surface area contributed by atoms with E-state index in [1.165, 1.54) is 6.42 Å². The Morgan fingerprint density at radius 3 is 2.84 bits per heavy atom. The van der Waals surface area contributed by atoms with Crippen LogP contribution in [0, 0.1) is 19.8 Å². The zero-order valence-electron chi connectivity index (χ0n) is 11.8. The van der Waals surface area contributed by atoms with Gasteiger partial charge >= 0.3 is 0 Å². The lowest BCUT2D eigenvalue weighted by Gasteiger charge is -2.39. The summed E-state index contributed by atoms with van der Waals surface area (Å²) in [5.74, 6) is 1.37. The number of nitrogens with one attached hydrogen (secondary N) is 1.